The van der Waals surface area contributed by atoms with Crippen LogP contribution in [0.4, 0.5) is 0 Å². The summed E-state index contributed by atoms with van der Waals surface area (Å²) in [6, 6.07) is 23.7. The maximum absolute atomic E-state index is 11.9. The van der Waals surface area contributed by atoms with Gasteiger partial charge in [0.25, 0.3) is 0 Å². The van der Waals surface area contributed by atoms with Crippen molar-refractivity contribution in [3.05, 3.63) is 78.4 Å². The van der Waals surface area contributed by atoms with E-state index >= 15 is 0 Å². The number of fused-ring (bicyclic) bond motifs is 1. The lowest BCUT2D eigenvalue weighted by atomic mass is 10.1. The van der Waals surface area contributed by atoms with Gasteiger partial charge in [0.05, 0.1) is 0 Å². The molecule has 0 amide bonds. The minimum Gasteiger partial charge on any atom is -0.426 e. The molecule has 0 aromatic heterocycles. The van der Waals surface area contributed by atoms with Crippen molar-refractivity contribution in [3.8, 4) is 5.75 Å². The summed E-state index contributed by atoms with van der Waals surface area (Å²) in [6.07, 6.45) is 1.09. The van der Waals surface area contributed by atoms with E-state index in [2.05, 4.69) is 0 Å². The first-order chi connectivity index (χ1) is 10.3. The quantitative estimate of drug-likeness (QED) is 0.522. The van der Waals surface area contributed by atoms with Crippen LogP contribution >= 0.6 is 0 Å². The van der Waals surface area contributed by atoms with E-state index in [-0.39, 0.29) is 5.97 Å². The third-order valence-corrected chi connectivity index (χ3v) is 3.41. The fourth-order valence-corrected chi connectivity index (χ4v) is 2.30. The van der Waals surface area contributed by atoms with Crippen LogP contribution in [0.2, 0.25) is 0 Å². The minimum absolute atomic E-state index is 0.200. The Morgan fingerprint density at radius 2 is 1.52 bits per heavy atom. The Bertz CT molecular complexity index is 748. The number of benzene rings is 3. The molecule has 0 bridgehead atoms. The van der Waals surface area contributed by atoms with Crippen molar-refractivity contribution < 1.29 is 9.53 Å². The monoisotopic (exact) mass is 276 g/mol. The summed E-state index contributed by atoms with van der Waals surface area (Å²) in [4.78, 5) is 11.9. The van der Waals surface area contributed by atoms with Gasteiger partial charge < -0.3 is 4.74 Å². The molecule has 0 aliphatic carbocycles. The molecule has 0 aliphatic rings. The predicted molar refractivity (Wildman–Crippen MR) is 84.3 cm³/mol. The molecule has 0 unspecified atom stereocenters. The molecule has 3 aromatic rings. The zero-order valence-electron chi connectivity index (χ0n) is 11.7. The molecule has 0 N–H and O–H groups in total. The summed E-state index contributed by atoms with van der Waals surface area (Å²) in [5.74, 6) is 0.404. The zero-order valence-corrected chi connectivity index (χ0v) is 11.7. The fraction of sp³-hybridized carbons (Fsp3) is 0.105. The van der Waals surface area contributed by atoms with Crippen molar-refractivity contribution in [2.45, 2.75) is 12.8 Å². The highest BCUT2D eigenvalue weighted by Crippen LogP contribution is 2.21. The van der Waals surface area contributed by atoms with E-state index in [1.165, 1.54) is 0 Å². The molecule has 0 atom stereocenters. The Hall–Kier alpha value is -2.61. The molecule has 0 heterocycles. The molecular formula is C19H16O2. The molecule has 104 valence electrons. The van der Waals surface area contributed by atoms with Crippen LogP contribution in [-0.2, 0) is 11.2 Å². The van der Waals surface area contributed by atoms with Crippen LogP contribution < -0.4 is 4.74 Å². The van der Waals surface area contributed by atoms with Gasteiger partial charge in [-0.15, -0.1) is 0 Å². The Kier molecular flexibility index (Phi) is 3.97. The van der Waals surface area contributed by atoms with Gasteiger partial charge >= 0.3 is 5.97 Å². The molecule has 2 nitrogen and oxygen atoms in total. The largest absolute Gasteiger partial charge is 0.426 e. The SMILES string of the molecule is O=C(CCc1ccccc1)Oc1ccc2ccccc2c1. The van der Waals surface area contributed by atoms with E-state index in [1.54, 1.807) is 0 Å². The fourth-order valence-electron chi connectivity index (χ4n) is 2.30. The summed E-state index contributed by atoms with van der Waals surface area (Å²) in [7, 11) is 0. The number of carbonyl (C=O) groups is 1. The molecule has 3 aromatic carbocycles. The summed E-state index contributed by atoms with van der Waals surface area (Å²) in [5, 5.41) is 2.22. The third-order valence-electron chi connectivity index (χ3n) is 3.41. The van der Waals surface area contributed by atoms with Gasteiger partial charge in [0.2, 0.25) is 0 Å². The second-order valence-electron chi connectivity index (χ2n) is 4.97. The standard InChI is InChI=1S/C19H16O2/c20-19(13-10-15-6-2-1-3-7-15)21-18-12-11-16-8-4-5-9-17(16)14-18/h1-9,11-12,14H,10,13H2. The molecule has 3 rings (SSSR count). The lowest BCUT2D eigenvalue weighted by Crippen LogP contribution is -2.08. The lowest BCUT2D eigenvalue weighted by molar-refractivity contribution is -0.134. The highest BCUT2D eigenvalue weighted by molar-refractivity contribution is 5.84. The van der Waals surface area contributed by atoms with Crippen molar-refractivity contribution in [3.63, 3.8) is 0 Å². The molecule has 0 saturated heterocycles. The number of esters is 1. The molecule has 0 aliphatic heterocycles. The molecule has 0 fully saturated rings. The van der Waals surface area contributed by atoms with Crippen molar-refractivity contribution in [2.24, 2.45) is 0 Å². The van der Waals surface area contributed by atoms with Crippen LogP contribution in [0.3, 0.4) is 0 Å². The topological polar surface area (TPSA) is 26.3 Å². The summed E-state index contributed by atoms with van der Waals surface area (Å²) < 4.78 is 5.41. The van der Waals surface area contributed by atoms with Crippen LogP contribution in [0.5, 0.6) is 5.75 Å². The second-order valence-corrected chi connectivity index (χ2v) is 4.97. The maximum Gasteiger partial charge on any atom is 0.311 e. The number of rotatable bonds is 4. The zero-order chi connectivity index (χ0) is 14.5. The molecule has 0 saturated carbocycles. The third kappa shape index (κ3) is 3.48. The van der Waals surface area contributed by atoms with E-state index in [4.69, 9.17) is 4.74 Å². The highest BCUT2D eigenvalue weighted by Gasteiger charge is 2.06. The lowest BCUT2D eigenvalue weighted by Gasteiger charge is -2.06. The normalized spacial score (nSPS) is 10.5. The van der Waals surface area contributed by atoms with Gasteiger partial charge in [0.1, 0.15) is 5.75 Å². The first-order valence-corrected chi connectivity index (χ1v) is 7.05. The van der Waals surface area contributed by atoms with Crippen LogP contribution in [0.25, 0.3) is 10.8 Å². The van der Waals surface area contributed by atoms with Crippen molar-refractivity contribution >= 4 is 16.7 Å². The van der Waals surface area contributed by atoms with Crippen LogP contribution in [0.15, 0.2) is 72.8 Å². The minimum atomic E-state index is -0.200. The Morgan fingerprint density at radius 3 is 2.33 bits per heavy atom. The molecule has 2 heteroatoms. The van der Waals surface area contributed by atoms with Crippen molar-refractivity contribution in [1.29, 1.82) is 0 Å². The van der Waals surface area contributed by atoms with Gasteiger partial charge in [-0.3, -0.25) is 4.79 Å². The average molecular weight is 276 g/mol. The number of hydrogen-bond acceptors (Lipinski definition) is 2. The first-order valence-electron chi connectivity index (χ1n) is 7.05. The van der Waals surface area contributed by atoms with Gasteiger partial charge in [-0.1, -0.05) is 60.7 Å². The Balaban J connectivity index is 1.63. The Labute approximate surface area is 124 Å². The number of carbonyl (C=O) groups excluding carboxylic acids is 1. The van der Waals surface area contributed by atoms with Crippen molar-refractivity contribution in [1.82, 2.24) is 0 Å². The van der Waals surface area contributed by atoms with Gasteiger partial charge in [0.15, 0.2) is 0 Å². The van der Waals surface area contributed by atoms with Crippen LogP contribution in [0, 0.1) is 0 Å². The van der Waals surface area contributed by atoms with E-state index in [9.17, 15) is 4.79 Å². The maximum atomic E-state index is 11.9. The van der Waals surface area contributed by atoms with Crippen molar-refractivity contribution in [2.75, 3.05) is 0 Å². The van der Waals surface area contributed by atoms with E-state index < -0.39 is 0 Å². The second kappa shape index (κ2) is 6.23. The van der Waals surface area contributed by atoms with Gasteiger partial charge in [-0.25, -0.2) is 0 Å². The summed E-state index contributed by atoms with van der Waals surface area (Å²) in [5.41, 5.74) is 1.15. The van der Waals surface area contributed by atoms with Crippen LogP contribution in [0.1, 0.15) is 12.0 Å². The summed E-state index contributed by atoms with van der Waals surface area (Å²) in [6.45, 7) is 0. The molecule has 0 spiro atoms. The Morgan fingerprint density at radius 1 is 0.810 bits per heavy atom. The molecule has 21 heavy (non-hydrogen) atoms. The highest BCUT2D eigenvalue weighted by atomic mass is 16.5. The molecule has 0 radical (unpaired) electrons. The number of aryl methyl sites for hydroxylation is 1. The molecular weight excluding hydrogens is 260 g/mol. The van der Waals surface area contributed by atoms with E-state index in [1.807, 2.05) is 72.8 Å². The van der Waals surface area contributed by atoms with Gasteiger partial charge in [0, 0.05) is 6.42 Å². The average Bonchev–Trinajstić information content (AvgIpc) is 2.54. The van der Waals surface area contributed by atoms with E-state index in [0.29, 0.717) is 18.6 Å². The predicted octanol–water partition coefficient (Wildman–Crippen LogP) is 4.38. The van der Waals surface area contributed by atoms with Gasteiger partial charge in [-0.05, 0) is 34.9 Å². The van der Waals surface area contributed by atoms with Gasteiger partial charge in [-0.2, -0.15) is 0 Å². The summed E-state index contributed by atoms with van der Waals surface area (Å²) >= 11 is 0. The number of hydrogen-bond donors (Lipinski definition) is 0. The van der Waals surface area contributed by atoms with E-state index in [0.717, 1.165) is 16.3 Å². The smallest absolute Gasteiger partial charge is 0.311 e. The number of ether oxygens (including phenoxy) is 1. The van der Waals surface area contributed by atoms with Crippen LogP contribution in [-0.4, -0.2) is 5.97 Å². The first kappa shape index (κ1) is 13.4.